The minimum atomic E-state index is 0.0855. The first-order valence-corrected chi connectivity index (χ1v) is 7.42. The van der Waals surface area contributed by atoms with E-state index < -0.39 is 0 Å². The van der Waals surface area contributed by atoms with E-state index >= 15 is 0 Å². The molecule has 0 saturated heterocycles. The summed E-state index contributed by atoms with van der Waals surface area (Å²) in [6, 6.07) is 0. The summed E-state index contributed by atoms with van der Waals surface area (Å²) in [5.41, 5.74) is 3.04. The van der Waals surface area contributed by atoms with Crippen molar-refractivity contribution in [2.24, 2.45) is 5.92 Å². The molecule has 1 aromatic rings. The third kappa shape index (κ3) is 5.71. The standard InChI is InChI=1S/C16H27N3O2/c1-11(2)8-19-15(20)6-7-17-10-14-13(4)16(21-5)12(3)9-18-14/h9,11,17H,6-8,10H2,1-5H3,(H,19,20). The second-order valence-corrected chi connectivity index (χ2v) is 5.67. The number of aryl methyl sites for hydroxylation is 1. The minimum Gasteiger partial charge on any atom is -0.496 e. The number of carbonyl (C=O) groups excluding carboxylic acids is 1. The molecule has 0 bridgehead atoms. The van der Waals surface area contributed by atoms with E-state index in [0.29, 0.717) is 25.4 Å². The van der Waals surface area contributed by atoms with E-state index in [4.69, 9.17) is 4.74 Å². The van der Waals surface area contributed by atoms with Crippen molar-refractivity contribution >= 4 is 5.91 Å². The number of nitrogens with zero attached hydrogens (tertiary/aromatic N) is 1. The number of hydrogen-bond acceptors (Lipinski definition) is 4. The molecule has 21 heavy (non-hydrogen) atoms. The summed E-state index contributed by atoms with van der Waals surface area (Å²) in [5.74, 6) is 1.45. The number of rotatable bonds is 8. The van der Waals surface area contributed by atoms with E-state index in [2.05, 4.69) is 29.5 Å². The summed E-state index contributed by atoms with van der Waals surface area (Å²) < 4.78 is 5.38. The molecule has 5 nitrogen and oxygen atoms in total. The largest absolute Gasteiger partial charge is 0.496 e. The Kier molecular flexibility index (Phi) is 7.15. The first-order valence-electron chi connectivity index (χ1n) is 7.42. The molecular formula is C16H27N3O2. The zero-order chi connectivity index (χ0) is 15.8. The molecule has 0 atom stereocenters. The maximum absolute atomic E-state index is 11.6. The fourth-order valence-corrected chi connectivity index (χ4v) is 2.06. The lowest BCUT2D eigenvalue weighted by atomic mass is 10.1. The van der Waals surface area contributed by atoms with Gasteiger partial charge in [0.15, 0.2) is 0 Å². The monoisotopic (exact) mass is 293 g/mol. The molecule has 5 heteroatoms. The van der Waals surface area contributed by atoms with Crippen LogP contribution in [-0.2, 0) is 11.3 Å². The van der Waals surface area contributed by atoms with Gasteiger partial charge in [-0.05, 0) is 19.8 Å². The van der Waals surface area contributed by atoms with E-state index in [-0.39, 0.29) is 5.91 Å². The summed E-state index contributed by atoms with van der Waals surface area (Å²) in [7, 11) is 1.67. The van der Waals surface area contributed by atoms with E-state index in [9.17, 15) is 4.79 Å². The number of amides is 1. The van der Waals surface area contributed by atoms with Gasteiger partial charge in [0.25, 0.3) is 0 Å². The molecule has 0 spiro atoms. The quantitative estimate of drug-likeness (QED) is 0.719. The van der Waals surface area contributed by atoms with Gasteiger partial charge in [0, 0.05) is 43.4 Å². The third-order valence-corrected chi connectivity index (χ3v) is 3.28. The smallest absolute Gasteiger partial charge is 0.221 e. The average Bonchev–Trinajstić information content (AvgIpc) is 2.44. The number of methoxy groups -OCH3 is 1. The van der Waals surface area contributed by atoms with Crippen molar-refractivity contribution in [2.75, 3.05) is 20.2 Å². The van der Waals surface area contributed by atoms with Gasteiger partial charge < -0.3 is 15.4 Å². The van der Waals surface area contributed by atoms with Crippen LogP contribution >= 0.6 is 0 Å². The predicted molar refractivity (Wildman–Crippen MR) is 84.4 cm³/mol. The molecule has 118 valence electrons. The zero-order valence-electron chi connectivity index (χ0n) is 13.7. The van der Waals surface area contributed by atoms with Crippen molar-refractivity contribution in [3.8, 4) is 5.75 Å². The summed E-state index contributed by atoms with van der Waals surface area (Å²) in [6.07, 6.45) is 2.30. The second kappa shape index (κ2) is 8.62. The maximum Gasteiger partial charge on any atom is 0.221 e. The molecule has 1 heterocycles. The molecule has 1 amide bonds. The topological polar surface area (TPSA) is 63.2 Å². The Hall–Kier alpha value is -1.62. The Balaban J connectivity index is 2.38. The lowest BCUT2D eigenvalue weighted by molar-refractivity contribution is -0.121. The molecule has 0 aliphatic rings. The molecule has 1 aromatic heterocycles. The van der Waals surface area contributed by atoms with Gasteiger partial charge in [-0.2, -0.15) is 0 Å². The summed E-state index contributed by atoms with van der Waals surface area (Å²) in [5, 5.41) is 6.16. The SMILES string of the molecule is COc1c(C)cnc(CNCCC(=O)NCC(C)C)c1C. The van der Waals surface area contributed by atoms with E-state index in [0.717, 1.165) is 29.1 Å². The minimum absolute atomic E-state index is 0.0855. The van der Waals surface area contributed by atoms with E-state index in [1.54, 1.807) is 7.11 Å². The van der Waals surface area contributed by atoms with Gasteiger partial charge in [-0.25, -0.2) is 0 Å². The van der Waals surface area contributed by atoms with Gasteiger partial charge >= 0.3 is 0 Å². The molecule has 2 N–H and O–H groups in total. The number of nitrogens with one attached hydrogen (secondary N) is 2. The van der Waals surface area contributed by atoms with Crippen LogP contribution in [-0.4, -0.2) is 31.1 Å². The van der Waals surface area contributed by atoms with Gasteiger partial charge in [-0.15, -0.1) is 0 Å². The molecule has 0 unspecified atom stereocenters. The van der Waals surface area contributed by atoms with Crippen LogP contribution in [0.25, 0.3) is 0 Å². The Bertz CT molecular complexity index is 473. The van der Waals surface area contributed by atoms with Crippen molar-refractivity contribution in [3.05, 3.63) is 23.0 Å². The Labute approximate surface area is 127 Å². The van der Waals surface area contributed by atoms with Gasteiger partial charge in [0.05, 0.1) is 12.8 Å². The van der Waals surface area contributed by atoms with E-state index in [1.807, 2.05) is 20.0 Å². The average molecular weight is 293 g/mol. The maximum atomic E-state index is 11.6. The first kappa shape index (κ1) is 17.4. The van der Waals surface area contributed by atoms with Crippen molar-refractivity contribution < 1.29 is 9.53 Å². The highest BCUT2D eigenvalue weighted by molar-refractivity contribution is 5.76. The fraction of sp³-hybridized carbons (Fsp3) is 0.625. The molecule has 1 rings (SSSR count). The summed E-state index contributed by atoms with van der Waals surface area (Å²) in [6.45, 7) is 10.2. The lowest BCUT2D eigenvalue weighted by Crippen LogP contribution is -2.30. The van der Waals surface area contributed by atoms with Crippen molar-refractivity contribution in [1.29, 1.82) is 0 Å². The van der Waals surface area contributed by atoms with Crippen LogP contribution < -0.4 is 15.4 Å². The Morgan fingerprint density at radius 2 is 2.10 bits per heavy atom. The molecule has 0 aliphatic carbocycles. The second-order valence-electron chi connectivity index (χ2n) is 5.67. The lowest BCUT2D eigenvalue weighted by Gasteiger charge is -2.13. The van der Waals surface area contributed by atoms with Crippen molar-refractivity contribution in [2.45, 2.75) is 40.7 Å². The van der Waals surface area contributed by atoms with Gasteiger partial charge in [-0.1, -0.05) is 13.8 Å². The third-order valence-electron chi connectivity index (χ3n) is 3.28. The summed E-state index contributed by atoms with van der Waals surface area (Å²) in [4.78, 5) is 16.0. The number of pyridine rings is 1. The highest BCUT2D eigenvalue weighted by Crippen LogP contribution is 2.23. The first-order chi connectivity index (χ1) is 9.95. The van der Waals surface area contributed by atoms with Gasteiger partial charge in [-0.3, -0.25) is 9.78 Å². The van der Waals surface area contributed by atoms with Crippen LogP contribution in [0.5, 0.6) is 5.75 Å². The van der Waals surface area contributed by atoms with E-state index in [1.165, 1.54) is 0 Å². The molecule has 0 fully saturated rings. The van der Waals surface area contributed by atoms with Crippen LogP contribution in [0, 0.1) is 19.8 Å². The highest BCUT2D eigenvalue weighted by Gasteiger charge is 2.09. The van der Waals surface area contributed by atoms with Crippen LogP contribution in [0.1, 0.15) is 37.1 Å². The number of aromatic nitrogens is 1. The molecule has 0 saturated carbocycles. The summed E-state index contributed by atoms with van der Waals surface area (Å²) >= 11 is 0. The predicted octanol–water partition coefficient (Wildman–Crippen LogP) is 1.96. The molecule has 0 aliphatic heterocycles. The van der Waals surface area contributed by atoms with Crippen LogP contribution in [0.3, 0.4) is 0 Å². The van der Waals surface area contributed by atoms with Crippen molar-refractivity contribution in [3.63, 3.8) is 0 Å². The van der Waals surface area contributed by atoms with Crippen molar-refractivity contribution in [1.82, 2.24) is 15.6 Å². The normalized spacial score (nSPS) is 10.8. The van der Waals surface area contributed by atoms with Crippen LogP contribution in [0.2, 0.25) is 0 Å². The zero-order valence-corrected chi connectivity index (χ0v) is 13.7. The number of ether oxygens (including phenoxy) is 1. The fourth-order valence-electron chi connectivity index (χ4n) is 2.06. The Morgan fingerprint density at radius 3 is 2.71 bits per heavy atom. The van der Waals surface area contributed by atoms with Gasteiger partial charge in [0.2, 0.25) is 5.91 Å². The number of carbonyl (C=O) groups is 1. The number of hydrogen-bond donors (Lipinski definition) is 2. The molecule has 0 radical (unpaired) electrons. The molecule has 0 aromatic carbocycles. The van der Waals surface area contributed by atoms with Crippen LogP contribution in [0.4, 0.5) is 0 Å². The van der Waals surface area contributed by atoms with Crippen LogP contribution in [0.15, 0.2) is 6.20 Å². The molecular weight excluding hydrogens is 266 g/mol. The highest BCUT2D eigenvalue weighted by atomic mass is 16.5. The Morgan fingerprint density at radius 1 is 1.38 bits per heavy atom. The van der Waals surface area contributed by atoms with Gasteiger partial charge in [0.1, 0.15) is 5.75 Å².